The Morgan fingerprint density at radius 1 is 1.56 bits per heavy atom. The van der Waals surface area contributed by atoms with Gasteiger partial charge in [-0.2, -0.15) is 4.98 Å². The Morgan fingerprint density at radius 2 is 2.28 bits per heavy atom. The zero-order chi connectivity index (χ0) is 13.0. The van der Waals surface area contributed by atoms with E-state index in [-0.39, 0.29) is 17.8 Å². The molecular formula is C11H20N6O. The summed E-state index contributed by atoms with van der Waals surface area (Å²) in [6.07, 6.45) is 2.48. The molecule has 4 N–H and O–H groups in total. The second-order valence-corrected chi connectivity index (χ2v) is 4.77. The molecule has 1 saturated heterocycles. The molecular weight excluding hydrogens is 232 g/mol. The lowest BCUT2D eigenvalue weighted by Crippen LogP contribution is -2.36. The van der Waals surface area contributed by atoms with Crippen LogP contribution < -0.4 is 11.1 Å². The number of amides is 1. The second-order valence-electron chi connectivity index (χ2n) is 4.77. The molecule has 18 heavy (non-hydrogen) atoms. The Morgan fingerprint density at radius 3 is 2.89 bits per heavy atom. The average molecular weight is 252 g/mol. The normalized spacial score (nSPS) is 17.8. The lowest BCUT2D eigenvalue weighted by molar-refractivity contribution is -0.125. The third-order valence-corrected chi connectivity index (χ3v) is 3.16. The number of rotatable bonds is 5. The molecule has 100 valence electrons. The zero-order valence-electron chi connectivity index (χ0n) is 10.6. The number of nitrogens with zero attached hydrogens (tertiary/aromatic N) is 3. The van der Waals surface area contributed by atoms with Gasteiger partial charge in [-0.05, 0) is 25.9 Å². The maximum Gasteiger partial charge on any atom is 0.239 e. The fourth-order valence-electron chi connectivity index (χ4n) is 2.17. The van der Waals surface area contributed by atoms with Gasteiger partial charge in [0.2, 0.25) is 11.9 Å². The van der Waals surface area contributed by atoms with Crippen LogP contribution in [-0.2, 0) is 11.3 Å². The Kier molecular flexibility index (Phi) is 4.14. The molecule has 1 atom stereocenters. The van der Waals surface area contributed by atoms with Crippen molar-refractivity contribution in [1.82, 2.24) is 25.4 Å². The number of hydrogen-bond donors (Lipinski definition) is 3. The molecule has 7 nitrogen and oxygen atoms in total. The summed E-state index contributed by atoms with van der Waals surface area (Å²) in [5.74, 6) is 0.804. The lowest BCUT2D eigenvalue weighted by atomic mass is 10.1. The standard InChI is InChI=1S/C11H20N6O/c1-8(7-17-4-2-3-5-17)10(18)13-6-9-14-11(12)16-15-9/h8H,2-7H2,1H3,(H,13,18)(H3,12,14,15,16)/t8-/m0/s1. The van der Waals surface area contributed by atoms with Crippen LogP contribution in [-0.4, -0.2) is 45.6 Å². The summed E-state index contributed by atoms with van der Waals surface area (Å²) < 4.78 is 0. The van der Waals surface area contributed by atoms with Crippen molar-refractivity contribution in [2.24, 2.45) is 5.92 Å². The van der Waals surface area contributed by atoms with Crippen molar-refractivity contribution in [3.05, 3.63) is 5.82 Å². The third kappa shape index (κ3) is 3.43. The molecule has 1 aromatic rings. The number of carbonyl (C=O) groups is 1. The summed E-state index contributed by atoms with van der Waals surface area (Å²) in [6, 6.07) is 0. The predicted molar refractivity (Wildman–Crippen MR) is 67.5 cm³/mol. The van der Waals surface area contributed by atoms with Gasteiger partial charge in [0.25, 0.3) is 0 Å². The van der Waals surface area contributed by atoms with Crippen molar-refractivity contribution >= 4 is 11.9 Å². The van der Waals surface area contributed by atoms with E-state index in [0.29, 0.717) is 12.4 Å². The summed E-state index contributed by atoms with van der Waals surface area (Å²) in [5, 5.41) is 9.20. The van der Waals surface area contributed by atoms with Crippen LogP contribution in [0.4, 0.5) is 5.95 Å². The van der Waals surface area contributed by atoms with Gasteiger partial charge in [0.1, 0.15) is 5.82 Å². The molecule has 0 aromatic carbocycles. The summed E-state index contributed by atoms with van der Waals surface area (Å²) >= 11 is 0. The highest BCUT2D eigenvalue weighted by Crippen LogP contribution is 2.10. The molecule has 1 aliphatic rings. The van der Waals surface area contributed by atoms with Crippen molar-refractivity contribution < 1.29 is 4.79 Å². The van der Waals surface area contributed by atoms with Crippen LogP contribution in [0, 0.1) is 5.92 Å². The van der Waals surface area contributed by atoms with Gasteiger partial charge in [-0.3, -0.25) is 9.89 Å². The SMILES string of the molecule is C[C@@H](CN1CCCC1)C(=O)NCc1nc(N)n[nH]1. The number of anilines is 1. The molecule has 7 heteroatoms. The number of H-pyrrole nitrogens is 1. The number of likely N-dealkylation sites (tertiary alicyclic amines) is 1. The molecule has 1 amide bonds. The van der Waals surface area contributed by atoms with Crippen LogP contribution >= 0.6 is 0 Å². The predicted octanol–water partition coefficient (Wildman–Crippen LogP) is -0.265. The molecule has 0 bridgehead atoms. The van der Waals surface area contributed by atoms with E-state index in [1.54, 1.807) is 0 Å². The number of carbonyl (C=O) groups excluding carboxylic acids is 1. The fraction of sp³-hybridized carbons (Fsp3) is 0.727. The Hall–Kier alpha value is -1.63. The highest BCUT2D eigenvalue weighted by atomic mass is 16.1. The van der Waals surface area contributed by atoms with E-state index in [1.807, 2.05) is 6.92 Å². The highest BCUT2D eigenvalue weighted by Gasteiger charge is 2.19. The van der Waals surface area contributed by atoms with Crippen LogP contribution in [0.5, 0.6) is 0 Å². The molecule has 2 heterocycles. The number of aromatic nitrogens is 3. The first kappa shape index (κ1) is 12.8. The molecule has 0 spiro atoms. The number of hydrogen-bond acceptors (Lipinski definition) is 5. The van der Waals surface area contributed by atoms with E-state index in [0.717, 1.165) is 19.6 Å². The molecule has 0 saturated carbocycles. The first-order valence-corrected chi connectivity index (χ1v) is 6.32. The topological polar surface area (TPSA) is 99.9 Å². The Labute approximate surface area is 106 Å². The van der Waals surface area contributed by atoms with Crippen molar-refractivity contribution in [2.75, 3.05) is 25.4 Å². The molecule has 1 aliphatic heterocycles. The van der Waals surface area contributed by atoms with Crippen LogP contribution in [0.2, 0.25) is 0 Å². The van der Waals surface area contributed by atoms with Gasteiger partial charge in [0.05, 0.1) is 6.54 Å². The lowest BCUT2D eigenvalue weighted by Gasteiger charge is -2.19. The van der Waals surface area contributed by atoms with E-state index in [4.69, 9.17) is 5.73 Å². The third-order valence-electron chi connectivity index (χ3n) is 3.16. The van der Waals surface area contributed by atoms with Crippen LogP contribution in [0.1, 0.15) is 25.6 Å². The quantitative estimate of drug-likeness (QED) is 0.670. The maximum atomic E-state index is 11.9. The summed E-state index contributed by atoms with van der Waals surface area (Å²) in [4.78, 5) is 18.1. The van der Waals surface area contributed by atoms with Crippen molar-refractivity contribution in [3.8, 4) is 0 Å². The van der Waals surface area contributed by atoms with Gasteiger partial charge in [-0.1, -0.05) is 6.92 Å². The summed E-state index contributed by atoms with van der Waals surface area (Å²) in [6.45, 7) is 5.33. The zero-order valence-corrected chi connectivity index (χ0v) is 10.6. The Balaban J connectivity index is 1.73. The molecule has 2 rings (SSSR count). The number of aromatic amines is 1. The van der Waals surface area contributed by atoms with Crippen molar-refractivity contribution in [1.29, 1.82) is 0 Å². The van der Waals surface area contributed by atoms with E-state index in [1.165, 1.54) is 12.8 Å². The number of nitrogen functional groups attached to an aromatic ring is 1. The molecule has 0 radical (unpaired) electrons. The summed E-state index contributed by atoms with van der Waals surface area (Å²) in [7, 11) is 0. The smallest absolute Gasteiger partial charge is 0.239 e. The maximum absolute atomic E-state index is 11.9. The van der Waals surface area contributed by atoms with Gasteiger partial charge in [0, 0.05) is 12.5 Å². The van der Waals surface area contributed by atoms with E-state index in [2.05, 4.69) is 25.4 Å². The average Bonchev–Trinajstić information content (AvgIpc) is 2.97. The van der Waals surface area contributed by atoms with Gasteiger partial charge in [0.15, 0.2) is 0 Å². The van der Waals surface area contributed by atoms with E-state index >= 15 is 0 Å². The first-order valence-electron chi connectivity index (χ1n) is 6.32. The molecule has 1 aromatic heterocycles. The highest BCUT2D eigenvalue weighted by molar-refractivity contribution is 5.78. The minimum absolute atomic E-state index is 0.0108. The van der Waals surface area contributed by atoms with Crippen LogP contribution in [0.3, 0.4) is 0 Å². The van der Waals surface area contributed by atoms with Gasteiger partial charge < -0.3 is 16.0 Å². The fourth-order valence-corrected chi connectivity index (χ4v) is 2.17. The molecule has 0 unspecified atom stereocenters. The first-order chi connectivity index (χ1) is 8.65. The van der Waals surface area contributed by atoms with Crippen molar-refractivity contribution in [2.45, 2.75) is 26.3 Å². The number of nitrogens with two attached hydrogens (primary N) is 1. The van der Waals surface area contributed by atoms with Gasteiger partial charge >= 0.3 is 0 Å². The van der Waals surface area contributed by atoms with Crippen LogP contribution in [0.25, 0.3) is 0 Å². The minimum Gasteiger partial charge on any atom is -0.367 e. The number of nitrogens with one attached hydrogen (secondary N) is 2. The van der Waals surface area contributed by atoms with Crippen LogP contribution in [0.15, 0.2) is 0 Å². The van der Waals surface area contributed by atoms with Gasteiger partial charge in [-0.25, -0.2) is 0 Å². The second kappa shape index (κ2) is 5.81. The molecule has 1 fully saturated rings. The van der Waals surface area contributed by atoms with Crippen molar-refractivity contribution in [3.63, 3.8) is 0 Å². The minimum atomic E-state index is -0.0108. The Bertz CT molecular complexity index is 398. The summed E-state index contributed by atoms with van der Waals surface area (Å²) in [5.41, 5.74) is 5.38. The van der Waals surface area contributed by atoms with E-state index in [9.17, 15) is 4.79 Å². The monoisotopic (exact) mass is 252 g/mol. The van der Waals surface area contributed by atoms with E-state index < -0.39 is 0 Å². The largest absolute Gasteiger partial charge is 0.367 e. The molecule has 0 aliphatic carbocycles. The van der Waals surface area contributed by atoms with Gasteiger partial charge in [-0.15, -0.1) is 5.10 Å².